The number of para-hydroxylation sites is 1. The van der Waals surface area contributed by atoms with Crippen molar-refractivity contribution >= 4 is 5.97 Å². The van der Waals surface area contributed by atoms with Crippen LogP contribution >= 0.6 is 0 Å². The summed E-state index contributed by atoms with van der Waals surface area (Å²) in [7, 11) is 1.32. The molecule has 0 fully saturated rings. The number of benzene rings is 2. The Morgan fingerprint density at radius 2 is 1.95 bits per heavy atom. The number of methoxy groups -OCH3 is 1. The summed E-state index contributed by atoms with van der Waals surface area (Å²) in [6.07, 6.45) is -0.812. The van der Waals surface area contributed by atoms with Gasteiger partial charge in [-0.1, -0.05) is 36.4 Å². The van der Waals surface area contributed by atoms with E-state index >= 15 is 0 Å². The van der Waals surface area contributed by atoms with Crippen molar-refractivity contribution in [2.75, 3.05) is 7.11 Å². The van der Waals surface area contributed by atoms with E-state index in [2.05, 4.69) is 0 Å². The second-order valence-corrected chi connectivity index (χ2v) is 4.61. The summed E-state index contributed by atoms with van der Waals surface area (Å²) < 4.78 is 10.5. The fourth-order valence-electron chi connectivity index (χ4n) is 2.45. The molecule has 1 atom stereocenters. The first-order chi connectivity index (χ1) is 9.72. The summed E-state index contributed by atoms with van der Waals surface area (Å²) in [5.74, 6) is -0.0805. The monoisotopic (exact) mass is 270 g/mol. The summed E-state index contributed by atoms with van der Waals surface area (Å²) >= 11 is 0. The molecule has 0 saturated heterocycles. The summed E-state index contributed by atoms with van der Waals surface area (Å²) in [5, 5.41) is 10.5. The van der Waals surface area contributed by atoms with Crippen LogP contribution in [0.5, 0.6) is 5.75 Å². The van der Waals surface area contributed by atoms with E-state index < -0.39 is 12.1 Å². The molecule has 4 nitrogen and oxygen atoms in total. The Morgan fingerprint density at radius 3 is 2.75 bits per heavy atom. The molecular weight excluding hydrogens is 256 g/mol. The first-order valence-electron chi connectivity index (χ1n) is 6.32. The fraction of sp³-hybridized carbons (Fsp3) is 0.188. The molecule has 0 aliphatic carbocycles. The number of fused-ring (bicyclic) bond motifs is 2. The van der Waals surface area contributed by atoms with Crippen molar-refractivity contribution in [1.29, 1.82) is 0 Å². The van der Waals surface area contributed by atoms with Crippen molar-refractivity contribution in [2.45, 2.75) is 12.7 Å². The largest absolute Gasteiger partial charge is 0.488 e. The zero-order valence-corrected chi connectivity index (χ0v) is 11.0. The highest BCUT2D eigenvalue weighted by Crippen LogP contribution is 2.37. The van der Waals surface area contributed by atoms with Gasteiger partial charge in [-0.25, -0.2) is 4.79 Å². The van der Waals surface area contributed by atoms with Gasteiger partial charge >= 0.3 is 5.97 Å². The molecule has 3 rings (SSSR count). The molecule has 1 N–H and O–H groups in total. The van der Waals surface area contributed by atoms with Gasteiger partial charge in [-0.15, -0.1) is 0 Å². The van der Waals surface area contributed by atoms with Gasteiger partial charge < -0.3 is 14.6 Å². The van der Waals surface area contributed by atoms with Gasteiger partial charge in [-0.05, 0) is 17.2 Å². The van der Waals surface area contributed by atoms with Crippen LogP contribution in [0.3, 0.4) is 0 Å². The van der Waals surface area contributed by atoms with Crippen LogP contribution in [0.1, 0.15) is 33.2 Å². The highest BCUT2D eigenvalue weighted by Gasteiger charge is 2.26. The average Bonchev–Trinajstić information content (AvgIpc) is 2.64. The van der Waals surface area contributed by atoms with Crippen molar-refractivity contribution in [1.82, 2.24) is 0 Å². The van der Waals surface area contributed by atoms with Crippen LogP contribution < -0.4 is 4.74 Å². The molecule has 0 aromatic heterocycles. The van der Waals surface area contributed by atoms with Crippen LogP contribution in [0.2, 0.25) is 0 Å². The van der Waals surface area contributed by atoms with Crippen molar-refractivity contribution in [3.63, 3.8) is 0 Å². The van der Waals surface area contributed by atoms with E-state index in [1.54, 1.807) is 18.2 Å². The van der Waals surface area contributed by atoms with Gasteiger partial charge in [-0.3, -0.25) is 0 Å². The van der Waals surface area contributed by atoms with Gasteiger partial charge in [0.05, 0.1) is 7.11 Å². The molecule has 0 amide bonds. The quantitative estimate of drug-likeness (QED) is 0.809. The van der Waals surface area contributed by atoms with Crippen LogP contribution in [0.4, 0.5) is 0 Å². The second kappa shape index (κ2) is 4.98. The predicted molar refractivity (Wildman–Crippen MR) is 72.6 cm³/mol. The van der Waals surface area contributed by atoms with Crippen LogP contribution in [0, 0.1) is 0 Å². The first-order valence-corrected chi connectivity index (χ1v) is 6.32. The lowest BCUT2D eigenvalue weighted by molar-refractivity contribution is 0.0595. The Balaban J connectivity index is 2.16. The standard InChI is InChI=1S/C16H14O4/c1-19-16(18)13-8-4-7-12-14(17)11-6-3-2-5-10(11)9-20-15(12)13/h2-8,14,17H,9H2,1H3. The molecule has 0 saturated carbocycles. The predicted octanol–water partition coefficient (Wildman–Crippen LogP) is 2.45. The van der Waals surface area contributed by atoms with Gasteiger partial charge in [0.1, 0.15) is 24.0 Å². The van der Waals surface area contributed by atoms with Crippen LogP contribution in [0.25, 0.3) is 0 Å². The van der Waals surface area contributed by atoms with E-state index in [9.17, 15) is 9.90 Å². The van der Waals surface area contributed by atoms with Crippen LogP contribution in [-0.4, -0.2) is 18.2 Å². The Labute approximate surface area is 116 Å². The van der Waals surface area contributed by atoms with E-state index in [0.29, 0.717) is 23.5 Å². The Morgan fingerprint density at radius 1 is 1.20 bits per heavy atom. The number of carbonyl (C=O) groups is 1. The molecule has 1 heterocycles. The number of carbonyl (C=O) groups excluding carboxylic acids is 1. The van der Waals surface area contributed by atoms with Gasteiger partial charge in [-0.2, -0.15) is 0 Å². The highest BCUT2D eigenvalue weighted by atomic mass is 16.5. The lowest BCUT2D eigenvalue weighted by atomic mass is 9.96. The fourth-order valence-corrected chi connectivity index (χ4v) is 2.45. The number of ether oxygens (including phenoxy) is 2. The van der Waals surface area contributed by atoms with Gasteiger partial charge in [0.15, 0.2) is 0 Å². The lowest BCUT2D eigenvalue weighted by Gasteiger charge is -2.14. The number of aliphatic hydroxyl groups excluding tert-OH is 1. The number of hydrogen-bond acceptors (Lipinski definition) is 4. The number of rotatable bonds is 1. The summed E-state index contributed by atoms with van der Waals surface area (Å²) in [4.78, 5) is 11.8. The Kier molecular flexibility index (Phi) is 3.16. The van der Waals surface area contributed by atoms with Crippen LogP contribution in [-0.2, 0) is 11.3 Å². The molecule has 2 aromatic carbocycles. The first kappa shape index (κ1) is 12.7. The lowest BCUT2D eigenvalue weighted by Crippen LogP contribution is -2.07. The molecule has 4 heteroatoms. The molecule has 1 unspecified atom stereocenters. The molecule has 1 aliphatic rings. The second-order valence-electron chi connectivity index (χ2n) is 4.61. The summed E-state index contributed by atoms with van der Waals surface area (Å²) in [5.41, 5.74) is 2.62. The van der Waals surface area contributed by atoms with Crippen molar-refractivity contribution in [3.8, 4) is 5.75 Å². The van der Waals surface area contributed by atoms with E-state index in [1.165, 1.54) is 7.11 Å². The molecule has 2 aromatic rings. The minimum Gasteiger partial charge on any atom is -0.488 e. The third-order valence-corrected chi connectivity index (χ3v) is 3.47. The maximum atomic E-state index is 11.8. The third kappa shape index (κ3) is 1.94. The number of hydrogen-bond donors (Lipinski definition) is 1. The summed E-state index contributed by atoms with van der Waals surface area (Å²) in [6, 6.07) is 12.6. The smallest absolute Gasteiger partial charge is 0.341 e. The maximum Gasteiger partial charge on any atom is 0.341 e. The molecule has 0 spiro atoms. The van der Waals surface area contributed by atoms with Gasteiger partial charge in [0, 0.05) is 5.56 Å². The van der Waals surface area contributed by atoms with Gasteiger partial charge in [0.25, 0.3) is 0 Å². The van der Waals surface area contributed by atoms with E-state index in [0.717, 1.165) is 11.1 Å². The van der Waals surface area contributed by atoms with E-state index in [1.807, 2.05) is 24.3 Å². The van der Waals surface area contributed by atoms with Crippen molar-refractivity contribution in [2.24, 2.45) is 0 Å². The minimum absolute atomic E-state index is 0.314. The van der Waals surface area contributed by atoms with E-state index in [4.69, 9.17) is 9.47 Å². The molecule has 1 aliphatic heterocycles. The zero-order chi connectivity index (χ0) is 14.1. The highest BCUT2D eigenvalue weighted by molar-refractivity contribution is 5.93. The molecule has 20 heavy (non-hydrogen) atoms. The average molecular weight is 270 g/mol. The van der Waals surface area contributed by atoms with Crippen molar-refractivity contribution in [3.05, 3.63) is 64.7 Å². The molecular formula is C16H14O4. The Bertz CT molecular complexity index is 663. The third-order valence-electron chi connectivity index (χ3n) is 3.47. The molecule has 102 valence electrons. The summed E-state index contributed by atoms with van der Waals surface area (Å²) in [6.45, 7) is 0.314. The minimum atomic E-state index is -0.812. The maximum absolute atomic E-state index is 11.8. The zero-order valence-electron chi connectivity index (χ0n) is 11.0. The Hall–Kier alpha value is -2.33. The van der Waals surface area contributed by atoms with Gasteiger partial charge in [0.2, 0.25) is 0 Å². The van der Waals surface area contributed by atoms with Crippen LogP contribution in [0.15, 0.2) is 42.5 Å². The normalized spacial score (nSPS) is 16.4. The molecule has 0 radical (unpaired) electrons. The number of aliphatic hydroxyl groups is 1. The topological polar surface area (TPSA) is 55.8 Å². The van der Waals surface area contributed by atoms with E-state index in [-0.39, 0.29) is 0 Å². The SMILES string of the molecule is COC(=O)c1cccc2c1OCc1ccccc1C2O. The number of esters is 1. The molecule has 0 bridgehead atoms. The van der Waals surface area contributed by atoms with Crippen molar-refractivity contribution < 1.29 is 19.4 Å².